The van der Waals surface area contributed by atoms with Crippen molar-refractivity contribution in [3.8, 4) is 0 Å². The van der Waals surface area contributed by atoms with Gasteiger partial charge in [0.2, 0.25) is 0 Å². The van der Waals surface area contributed by atoms with Crippen LogP contribution in [0.5, 0.6) is 0 Å². The lowest BCUT2D eigenvalue weighted by Gasteiger charge is -2.16. The van der Waals surface area contributed by atoms with Gasteiger partial charge in [-0.2, -0.15) is 0 Å². The first-order valence-electron chi connectivity index (χ1n) is 6.42. The van der Waals surface area contributed by atoms with Crippen molar-refractivity contribution in [3.63, 3.8) is 0 Å². The number of rotatable bonds is 6. The maximum atomic E-state index is 12.0. The third-order valence-corrected chi connectivity index (χ3v) is 2.82. The Morgan fingerprint density at radius 1 is 1.35 bits per heavy atom. The number of anilines is 1. The molecule has 110 valence electrons. The van der Waals surface area contributed by atoms with Crippen molar-refractivity contribution < 1.29 is 19.1 Å². The van der Waals surface area contributed by atoms with Gasteiger partial charge in [-0.05, 0) is 31.5 Å². The standard InChI is InChI=1S/C14H18ClNO4/c1-3-5-12(14(18)19-4-2)20-13(17)10-8-9(15)6-7-11(10)16/h6-8,12H,3-5,16H2,1-2H3. The molecule has 20 heavy (non-hydrogen) atoms. The summed E-state index contributed by atoms with van der Waals surface area (Å²) in [6.45, 7) is 3.81. The van der Waals surface area contributed by atoms with Crippen LogP contribution in [0.2, 0.25) is 5.02 Å². The molecule has 0 spiro atoms. The van der Waals surface area contributed by atoms with Crippen LogP contribution in [0.4, 0.5) is 5.69 Å². The zero-order valence-corrected chi connectivity index (χ0v) is 12.3. The van der Waals surface area contributed by atoms with E-state index in [4.69, 9.17) is 26.8 Å². The molecule has 1 rings (SSSR count). The fourth-order valence-corrected chi connectivity index (χ4v) is 1.79. The van der Waals surface area contributed by atoms with E-state index in [2.05, 4.69) is 0 Å². The summed E-state index contributed by atoms with van der Waals surface area (Å²) in [6.07, 6.45) is 0.151. The Bertz CT molecular complexity index is 490. The van der Waals surface area contributed by atoms with Crippen molar-refractivity contribution in [2.75, 3.05) is 12.3 Å². The second-order valence-electron chi connectivity index (χ2n) is 4.17. The van der Waals surface area contributed by atoms with E-state index in [9.17, 15) is 9.59 Å². The summed E-state index contributed by atoms with van der Waals surface area (Å²) in [5.41, 5.74) is 6.09. The summed E-state index contributed by atoms with van der Waals surface area (Å²) >= 11 is 5.82. The summed E-state index contributed by atoms with van der Waals surface area (Å²) in [5.74, 6) is -1.24. The molecule has 0 aliphatic rings. The number of halogens is 1. The first-order valence-corrected chi connectivity index (χ1v) is 6.80. The van der Waals surface area contributed by atoms with Gasteiger partial charge in [0.15, 0.2) is 6.10 Å². The molecule has 0 radical (unpaired) electrons. The fourth-order valence-electron chi connectivity index (χ4n) is 1.62. The van der Waals surface area contributed by atoms with Gasteiger partial charge in [0.1, 0.15) is 0 Å². The van der Waals surface area contributed by atoms with Crippen LogP contribution in [-0.2, 0) is 14.3 Å². The van der Waals surface area contributed by atoms with Crippen molar-refractivity contribution in [1.82, 2.24) is 0 Å². The lowest BCUT2D eigenvalue weighted by Crippen LogP contribution is -2.29. The first-order chi connectivity index (χ1) is 9.49. The average molecular weight is 300 g/mol. The topological polar surface area (TPSA) is 78.6 Å². The molecule has 0 saturated carbocycles. The molecule has 0 amide bonds. The third kappa shape index (κ3) is 4.42. The molecule has 0 heterocycles. The summed E-state index contributed by atoms with van der Waals surface area (Å²) in [5, 5.41) is 0.370. The van der Waals surface area contributed by atoms with E-state index in [1.165, 1.54) is 12.1 Å². The Morgan fingerprint density at radius 2 is 2.05 bits per heavy atom. The highest BCUT2D eigenvalue weighted by Gasteiger charge is 2.25. The summed E-state index contributed by atoms with van der Waals surface area (Å²) in [6, 6.07) is 4.49. The van der Waals surface area contributed by atoms with Crippen molar-refractivity contribution in [2.24, 2.45) is 0 Å². The molecule has 1 atom stereocenters. The van der Waals surface area contributed by atoms with E-state index in [0.717, 1.165) is 0 Å². The number of hydrogen-bond acceptors (Lipinski definition) is 5. The van der Waals surface area contributed by atoms with Gasteiger partial charge in [0.25, 0.3) is 0 Å². The minimum Gasteiger partial charge on any atom is -0.463 e. The van der Waals surface area contributed by atoms with Crippen LogP contribution in [0.3, 0.4) is 0 Å². The molecule has 0 aliphatic heterocycles. The van der Waals surface area contributed by atoms with Gasteiger partial charge in [0.05, 0.1) is 12.2 Å². The van der Waals surface area contributed by atoms with Gasteiger partial charge in [-0.25, -0.2) is 9.59 Å². The monoisotopic (exact) mass is 299 g/mol. The molecule has 0 aliphatic carbocycles. The number of benzene rings is 1. The lowest BCUT2D eigenvalue weighted by molar-refractivity contribution is -0.153. The Hall–Kier alpha value is -1.75. The molecule has 0 bridgehead atoms. The minimum absolute atomic E-state index is 0.142. The second kappa shape index (κ2) is 7.75. The highest BCUT2D eigenvalue weighted by atomic mass is 35.5. The van der Waals surface area contributed by atoms with Gasteiger partial charge in [-0.1, -0.05) is 24.9 Å². The SMILES string of the molecule is CCCC(OC(=O)c1cc(Cl)ccc1N)C(=O)OCC. The van der Waals surface area contributed by atoms with Crippen LogP contribution in [-0.4, -0.2) is 24.6 Å². The molecule has 1 aromatic carbocycles. The first kappa shape index (κ1) is 16.3. The van der Waals surface area contributed by atoms with Crippen molar-refractivity contribution in [3.05, 3.63) is 28.8 Å². The van der Waals surface area contributed by atoms with E-state index < -0.39 is 18.0 Å². The fraction of sp³-hybridized carbons (Fsp3) is 0.429. The Kier molecular flexibility index (Phi) is 6.31. The smallest absolute Gasteiger partial charge is 0.347 e. The molecule has 5 nitrogen and oxygen atoms in total. The number of carbonyl (C=O) groups is 2. The molecule has 2 N–H and O–H groups in total. The molecule has 1 unspecified atom stereocenters. The molecule has 0 fully saturated rings. The van der Waals surface area contributed by atoms with Gasteiger partial charge >= 0.3 is 11.9 Å². The van der Waals surface area contributed by atoms with Gasteiger partial charge in [-0.3, -0.25) is 0 Å². The van der Waals surface area contributed by atoms with E-state index in [0.29, 0.717) is 17.9 Å². The Balaban J connectivity index is 2.84. The van der Waals surface area contributed by atoms with Crippen LogP contribution in [0.1, 0.15) is 37.0 Å². The predicted molar refractivity (Wildman–Crippen MR) is 76.6 cm³/mol. The van der Waals surface area contributed by atoms with E-state index in [1.807, 2.05) is 6.92 Å². The Morgan fingerprint density at radius 3 is 2.65 bits per heavy atom. The third-order valence-electron chi connectivity index (χ3n) is 2.58. The van der Waals surface area contributed by atoms with Crippen LogP contribution in [0.25, 0.3) is 0 Å². The maximum absolute atomic E-state index is 12.0. The van der Waals surface area contributed by atoms with Crippen LogP contribution < -0.4 is 5.73 Å². The van der Waals surface area contributed by atoms with Gasteiger partial charge in [0, 0.05) is 10.7 Å². The zero-order valence-electron chi connectivity index (χ0n) is 11.5. The largest absolute Gasteiger partial charge is 0.463 e. The summed E-state index contributed by atoms with van der Waals surface area (Å²) in [7, 11) is 0. The van der Waals surface area contributed by atoms with Crippen LogP contribution in [0.15, 0.2) is 18.2 Å². The van der Waals surface area contributed by atoms with Crippen molar-refractivity contribution in [1.29, 1.82) is 0 Å². The van der Waals surface area contributed by atoms with Crippen LogP contribution in [0, 0.1) is 0 Å². The van der Waals surface area contributed by atoms with Gasteiger partial charge in [-0.15, -0.1) is 0 Å². The quantitative estimate of drug-likeness (QED) is 0.645. The molecule has 0 aromatic heterocycles. The zero-order chi connectivity index (χ0) is 15.1. The summed E-state index contributed by atoms with van der Waals surface area (Å²) in [4.78, 5) is 23.7. The summed E-state index contributed by atoms with van der Waals surface area (Å²) < 4.78 is 10.0. The second-order valence-corrected chi connectivity index (χ2v) is 4.60. The molecular formula is C14H18ClNO4. The molecule has 6 heteroatoms. The number of esters is 2. The number of ether oxygens (including phenoxy) is 2. The van der Waals surface area contributed by atoms with E-state index in [1.54, 1.807) is 13.0 Å². The molecule has 0 saturated heterocycles. The minimum atomic E-state index is -0.925. The van der Waals surface area contributed by atoms with Gasteiger partial charge < -0.3 is 15.2 Å². The Labute approximate surface area is 123 Å². The van der Waals surface area contributed by atoms with Crippen molar-refractivity contribution in [2.45, 2.75) is 32.8 Å². The number of nitrogens with two attached hydrogens (primary N) is 1. The number of carbonyl (C=O) groups excluding carboxylic acids is 2. The number of nitrogen functional groups attached to an aromatic ring is 1. The predicted octanol–water partition coefficient (Wildman–Crippen LogP) is 2.81. The van der Waals surface area contributed by atoms with E-state index >= 15 is 0 Å². The number of hydrogen-bond donors (Lipinski definition) is 1. The lowest BCUT2D eigenvalue weighted by atomic mass is 10.1. The van der Waals surface area contributed by atoms with Crippen LogP contribution >= 0.6 is 11.6 Å². The average Bonchev–Trinajstić information content (AvgIpc) is 2.41. The van der Waals surface area contributed by atoms with Crippen molar-refractivity contribution >= 4 is 29.2 Å². The maximum Gasteiger partial charge on any atom is 0.347 e. The normalized spacial score (nSPS) is 11.8. The van der Waals surface area contributed by atoms with E-state index in [-0.39, 0.29) is 17.9 Å². The molecular weight excluding hydrogens is 282 g/mol. The molecule has 1 aromatic rings. The highest BCUT2D eigenvalue weighted by Crippen LogP contribution is 2.20. The highest BCUT2D eigenvalue weighted by molar-refractivity contribution is 6.31.